The van der Waals surface area contributed by atoms with Crippen LogP contribution in [0.25, 0.3) is 5.70 Å². The summed E-state index contributed by atoms with van der Waals surface area (Å²) in [5.74, 6) is -0.971. The minimum atomic E-state index is -1.14. The van der Waals surface area contributed by atoms with E-state index >= 15 is 0 Å². The Labute approximate surface area is 241 Å². The number of Topliss-reactive ketones (excluding diaryl/α,β-unsaturated/α-hetero) is 1. The summed E-state index contributed by atoms with van der Waals surface area (Å²) in [6.07, 6.45) is 11.7. The van der Waals surface area contributed by atoms with Crippen LogP contribution in [0.2, 0.25) is 0 Å². The van der Waals surface area contributed by atoms with Crippen LogP contribution in [0.1, 0.15) is 80.8 Å². The summed E-state index contributed by atoms with van der Waals surface area (Å²) in [4.78, 5) is 13.2. The molecule has 216 valence electrons. The van der Waals surface area contributed by atoms with E-state index in [2.05, 4.69) is 26.0 Å². The van der Waals surface area contributed by atoms with Gasteiger partial charge in [0.25, 0.3) is 0 Å². The van der Waals surface area contributed by atoms with Gasteiger partial charge in [0.1, 0.15) is 0 Å². The first kappa shape index (κ1) is 28.8. The van der Waals surface area contributed by atoms with Gasteiger partial charge in [0.05, 0.1) is 18.5 Å². The Balaban J connectivity index is 1.48. The smallest absolute Gasteiger partial charge is 0.237 e. The molecule has 5 nitrogen and oxygen atoms in total. The van der Waals surface area contributed by atoms with Crippen LogP contribution in [0.4, 0.5) is 8.78 Å². The highest BCUT2D eigenvalue weighted by molar-refractivity contribution is 5.98. The van der Waals surface area contributed by atoms with E-state index in [1.54, 1.807) is 6.08 Å². The van der Waals surface area contributed by atoms with Gasteiger partial charge in [0.15, 0.2) is 17.3 Å². The Morgan fingerprint density at radius 1 is 1.10 bits per heavy atom. The van der Waals surface area contributed by atoms with E-state index in [1.165, 1.54) is 32.1 Å². The molecule has 1 saturated carbocycles. The number of hydrogen-bond acceptors (Lipinski definition) is 5. The lowest BCUT2D eigenvalue weighted by Gasteiger charge is -2.30. The maximum Gasteiger partial charge on any atom is 0.237 e. The molecular formula is C34H38F2N2O3. The summed E-state index contributed by atoms with van der Waals surface area (Å²) in [6.45, 7) is 8.34. The lowest BCUT2D eigenvalue weighted by molar-refractivity contribution is 0.0953. The van der Waals surface area contributed by atoms with Crippen LogP contribution >= 0.6 is 0 Å². The number of hydrazone groups is 1. The van der Waals surface area contributed by atoms with Crippen molar-refractivity contribution in [3.05, 3.63) is 88.2 Å². The monoisotopic (exact) mass is 560 g/mol. The number of rotatable bonds is 9. The quantitative estimate of drug-likeness (QED) is 0.288. The predicted molar refractivity (Wildman–Crippen MR) is 158 cm³/mol. The van der Waals surface area contributed by atoms with E-state index in [0.717, 1.165) is 46.5 Å². The largest absolute Gasteiger partial charge is 0.494 e. The summed E-state index contributed by atoms with van der Waals surface area (Å²) in [6, 6.07) is 8.62. The summed E-state index contributed by atoms with van der Waals surface area (Å²) in [5.41, 5.74) is 5.39. The van der Waals surface area contributed by atoms with Gasteiger partial charge in [-0.1, -0.05) is 51.5 Å². The van der Waals surface area contributed by atoms with Crippen LogP contribution in [0.15, 0.2) is 64.9 Å². The molecule has 0 amide bonds. The minimum absolute atomic E-state index is 0.150. The lowest BCUT2D eigenvalue weighted by atomic mass is 9.90. The first-order valence-electron chi connectivity index (χ1n) is 14.6. The van der Waals surface area contributed by atoms with E-state index < -0.39 is 11.6 Å². The maximum atomic E-state index is 14.8. The van der Waals surface area contributed by atoms with Gasteiger partial charge >= 0.3 is 0 Å². The zero-order valence-corrected chi connectivity index (χ0v) is 24.5. The molecular weight excluding hydrogens is 522 g/mol. The molecule has 7 heteroatoms. The zero-order valence-electron chi connectivity index (χ0n) is 24.5. The number of allylic oxidation sites excluding steroid dienone is 3. The van der Waals surface area contributed by atoms with Gasteiger partial charge in [-0.2, -0.15) is 8.78 Å². The van der Waals surface area contributed by atoms with Crippen LogP contribution in [-0.2, 0) is 0 Å². The average molecular weight is 561 g/mol. The molecule has 41 heavy (non-hydrogen) atoms. The minimum Gasteiger partial charge on any atom is -0.494 e. The second-order valence-corrected chi connectivity index (χ2v) is 11.3. The first-order valence-corrected chi connectivity index (χ1v) is 14.6. The van der Waals surface area contributed by atoms with Crippen molar-refractivity contribution in [2.75, 3.05) is 7.11 Å². The summed E-state index contributed by atoms with van der Waals surface area (Å²) in [7, 11) is 1.28. The standard InChI is InChI=1S/C34H38F2N2O3/c1-6-22(24-9-10-24)18-29(39)26-12-11-25(17-21(26)4)28-16-20(3)8-13-27-23(7-2)19-32(37-38(27)28)41-31-15-14-30(40-5)33(35)34(31)36/h11-17,19-20,22,24H,6-10,18H2,1-5H3. The zero-order chi connectivity index (χ0) is 29.3. The molecule has 2 aromatic carbocycles. The van der Waals surface area contributed by atoms with E-state index in [1.807, 2.05) is 37.1 Å². The lowest BCUT2D eigenvalue weighted by Crippen LogP contribution is -2.25. The van der Waals surface area contributed by atoms with Gasteiger partial charge in [-0.25, -0.2) is 5.01 Å². The molecule has 0 bridgehead atoms. The van der Waals surface area contributed by atoms with Crippen LogP contribution in [0.5, 0.6) is 11.5 Å². The maximum absolute atomic E-state index is 14.8. The second-order valence-electron chi connectivity index (χ2n) is 11.3. The van der Waals surface area contributed by atoms with Crippen molar-refractivity contribution in [2.45, 2.75) is 66.2 Å². The van der Waals surface area contributed by atoms with E-state index in [4.69, 9.17) is 14.6 Å². The molecule has 0 aromatic heterocycles. The van der Waals surface area contributed by atoms with Crippen LogP contribution < -0.4 is 9.47 Å². The number of hydrogen-bond donors (Lipinski definition) is 0. The van der Waals surface area contributed by atoms with Crippen molar-refractivity contribution in [3.8, 4) is 11.5 Å². The van der Waals surface area contributed by atoms with Crippen LogP contribution in [-0.4, -0.2) is 23.8 Å². The van der Waals surface area contributed by atoms with Crippen LogP contribution in [0.3, 0.4) is 0 Å². The number of aryl methyl sites for hydroxylation is 1. The van der Waals surface area contributed by atoms with Crippen molar-refractivity contribution >= 4 is 17.4 Å². The van der Waals surface area contributed by atoms with Gasteiger partial charge in [-0.3, -0.25) is 4.79 Å². The highest BCUT2D eigenvalue weighted by atomic mass is 19.2. The number of carbonyl (C=O) groups is 1. The molecule has 1 aliphatic carbocycles. The van der Waals surface area contributed by atoms with Crippen molar-refractivity contribution in [2.24, 2.45) is 22.9 Å². The van der Waals surface area contributed by atoms with Gasteiger partial charge < -0.3 is 9.47 Å². The molecule has 2 atom stereocenters. The number of fused-ring (bicyclic) bond motifs is 1. The Morgan fingerprint density at radius 3 is 2.49 bits per heavy atom. The highest BCUT2D eigenvalue weighted by Gasteiger charge is 2.32. The van der Waals surface area contributed by atoms with Crippen molar-refractivity contribution in [3.63, 3.8) is 0 Å². The molecule has 2 unspecified atom stereocenters. The highest BCUT2D eigenvalue weighted by Crippen LogP contribution is 2.41. The molecule has 1 fully saturated rings. The topological polar surface area (TPSA) is 51.1 Å². The molecule has 0 radical (unpaired) electrons. The van der Waals surface area contributed by atoms with E-state index in [9.17, 15) is 13.6 Å². The molecule has 2 heterocycles. The average Bonchev–Trinajstić information content (AvgIpc) is 3.82. The van der Waals surface area contributed by atoms with Gasteiger partial charge in [0.2, 0.25) is 17.5 Å². The summed E-state index contributed by atoms with van der Waals surface area (Å²) >= 11 is 0. The molecule has 0 spiro atoms. The third kappa shape index (κ3) is 5.99. The molecule has 2 aliphatic heterocycles. The number of nitrogens with zero attached hydrogens (tertiary/aromatic N) is 2. The SMILES string of the molecule is CCC1=CC(Oc2ccc(OC)c(F)c2F)=NN2C1=CCC(C)C=C2c1ccc(C(=O)CC(CC)C2CC2)c(C)c1. The van der Waals surface area contributed by atoms with Gasteiger partial charge in [-0.15, -0.1) is 5.10 Å². The fourth-order valence-corrected chi connectivity index (χ4v) is 5.76. The number of ether oxygens (including phenoxy) is 2. The number of benzene rings is 2. The van der Waals surface area contributed by atoms with Crippen molar-refractivity contribution in [1.82, 2.24) is 5.01 Å². The predicted octanol–water partition coefficient (Wildman–Crippen LogP) is 8.60. The second kappa shape index (κ2) is 12.0. The number of ketones is 1. The Bertz CT molecular complexity index is 1470. The number of halogens is 2. The molecule has 0 saturated heterocycles. The number of methoxy groups -OCH3 is 1. The Hall–Kier alpha value is -3.74. The fraction of sp³-hybridized carbons (Fsp3) is 0.412. The van der Waals surface area contributed by atoms with E-state index in [0.29, 0.717) is 24.7 Å². The summed E-state index contributed by atoms with van der Waals surface area (Å²) < 4.78 is 39.8. The summed E-state index contributed by atoms with van der Waals surface area (Å²) in [5, 5.41) is 6.58. The molecule has 2 aromatic rings. The third-order valence-corrected chi connectivity index (χ3v) is 8.32. The van der Waals surface area contributed by atoms with Crippen molar-refractivity contribution in [1.29, 1.82) is 0 Å². The normalized spacial score (nSPS) is 19.3. The van der Waals surface area contributed by atoms with Gasteiger partial charge in [0, 0.05) is 23.6 Å². The molecule has 0 N–H and O–H groups in total. The Morgan fingerprint density at radius 2 is 1.83 bits per heavy atom. The molecule has 5 rings (SSSR count). The third-order valence-electron chi connectivity index (χ3n) is 8.32. The van der Waals surface area contributed by atoms with Gasteiger partial charge in [-0.05, 0) is 79.7 Å². The van der Waals surface area contributed by atoms with E-state index in [-0.39, 0.29) is 29.1 Å². The first-order chi connectivity index (χ1) is 19.7. The fourth-order valence-electron chi connectivity index (χ4n) is 5.76. The number of carbonyl (C=O) groups excluding carboxylic acids is 1. The van der Waals surface area contributed by atoms with Crippen LogP contribution in [0, 0.1) is 36.3 Å². The Kier molecular flexibility index (Phi) is 8.43. The van der Waals surface area contributed by atoms with Crippen molar-refractivity contribution < 1.29 is 23.0 Å². The molecule has 3 aliphatic rings.